The molecule has 0 aliphatic heterocycles. The third-order valence-electron chi connectivity index (χ3n) is 3.46. The summed E-state index contributed by atoms with van der Waals surface area (Å²) in [5.41, 5.74) is 8.07. The van der Waals surface area contributed by atoms with E-state index in [2.05, 4.69) is 9.97 Å². The molecule has 0 amide bonds. The zero-order valence-corrected chi connectivity index (χ0v) is 11.0. The molecule has 2 aromatic heterocycles. The highest BCUT2D eigenvalue weighted by atomic mass is 19.1. The second kappa shape index (κ2) is 4.65. The van der Waals surface area contributed by atoms with Crippen molar-refractivity contribution in [2.75, 3.05) is 0 Å². The molecule has 0 fully saturated rings. The summed E-state index contributed by atoms with van der Waals surface area (Å²) in [6.45, 7) is 1.87. The van der Waals surface area contributed by atoms with Crippen LogP contribution in [0, 0.1) is 5.82 Å². The predicted molar refractivity (Wildman–Crippen MR) is 76.6 cm³/mol. The Bertz CT molecular complexity index is 746. The Morgan fingerprint density at radius 3 is 2.65 bits per heavy atom. The van der Waals surface area contributed by atoms with Gasteiger partial charge >= 0.3 is 0 Å². The van der Waals surface area contributed by atoms with Crippen LogP contribution in [-0.4, -0.2) is 9.97 Å². The van der Waals surface area contributed by atoms with Gasteiger partial charge in [0.15, 0.2) is 0 Å². The van der Waals surface area contributed by atoms with E-state index >= 15 is 0 Å². The number of fused-ring (bicyclic) bond motifs is 1. The monoisotopic (exact) mass is 267 g/mol. The number of nitrogens with two attached hydrogens (primary N) is 1. The maximum atomic E-state index is 13.0. The number of nitrogens with zero attached hydrogens (tertiary/aromatic N) is 2. The summed E-state index contributed by atoms with van der Waals surface area (Å²) >= 11 is 0. The first-order valence-electron chi connectivity index (χ1n) is 6.34. The normalized spacial score (nSPS) is 14.2. The Balaban J connectivity index is 2.20. The van der Waals surface area contributed by atoms with Gasteiger partial charge in [0.05, 0.1) is 22.9 Å². The summed E-state index contributed by atoms with van der Waals surface area (Å²) in [5, 5.41) is 0.978. The summed E-state index contributed by atoms with van der Waals surface area (Å²) in [6, 6.07) is 12.6. The van der Waals surface area contributed by atoms with Gasteiger partial charge in [-0.05, 0) is 36.8 Å². The summed E-state index contributed by atoms with van der Waals surface area (Å²) < 4.78 is 13.0. The lowest BCUT2D eigenvalue weighted by molar-refractivity contribution is 0.571. The third kappa shape index (κ3) is 2.04. The second-order valence-corrected chi connectivity index (χ2v) is 4.94. The molecule has 0 radical (unpaired) electrons. The van der Waals surface area contributed by atoms with Crippen LogP contribution < -0.4 is 5.73 Å². The molecule has 0 spiro atoms. The highest BCUT2D eigenvalue weighted by molar-refractivity contribution is 5.83. The molecule has 0 aliphatic carbocycles. The van der Waals surface area contributed by atoms with Crippen molar-refractivity contribution < 1.29 is 4.39 Å². The molecule has 2 heterocycles. The van der Waals surface area contributed by atoms with Crippen LogP contribution in [0.25, 0.3) is 10.9 Å². The Morgan fingerprint density at radius 2 is 1.90 bits per heavy atom. The minimum absolute atomic E-state index is 0.371. The fourth-order valence-corrected chi connectivity index (χ4v) is 2.38. The minimum Gasteiger partial charge on any atom is -0.317 e. The van der Waals surface area contributed by atoms with Crippen LogP contribution >= 0.6 is 0 Å². The second-order valence-electron chi connectivity index (χ2n) is 4.94. The van der Waals surface area contributed by atoms with Crippen molar-refractivity contribution in [2.45, 2.75) is 12.5 Å². The van der Waals surface area contributed by atoms with Gasteiger partial charge in [-0.25, -0.2) is 4.39 Å². The van der Waals surface area contributed by atoms with Crippen LogP contribution in [0.3, 0.4) is 0 Å². The van der Waals surface area contributed by atoms with Crippen molar-refractivity contribution in [1.82, 2.24) is 9.97 Å². The van der Waals surface area contributed by atoms with Crippen molar-refractivity contribution in [3.05, 3.63) is 71.9 Å². The number of rotatable bonds is 2. The molecule has 0 aliphatic rings. The van der Waals surface area contributed by atoms with Gasteiger partial charge in [0, 0.05) is 11.6 Å². The van der Waals surface area contributed by atoms with Crippen molar-refractivity contribution in [2.24, 2.45) is 5.73 Å². The van der Waals surface area contributed by atoms with E-state index in [4.69, 9.17) is 5.73 Å². The van der Waals surface area contributed by atoms with Crippen molar-refractivity contribution >= 4 is 10.9 Å². The number of halogens is 1. The molecule has 20 heavy (non-hydrogen) atoms. The zero-order chi connectivity index (χ0) is 14.2. The number of benzene rings is 1. The molecule has 2 N–H and O–H groups in total. The Kier molecular flexibility index (Phi) is 2.95. The lowest BCUT2D eigenvalue weighted by atomic mass is 9.86. The van der Waals surface area contributed by atoms with E-state index < -0.39 is 5.54 Å². The highest BCUT2D eigenvalue weighted by Gasteiger charge is 2.27. The first-order chi connectivity index (χ1) is 9.59. The van der Waals surface area contributed by atoms with E-state index in [1.165, 1.54) is 12.3 Å². The smallest absolute Gasteiger partial charge is 0.141 e. The van der Waals surface area contributed by atoms with Crippen molar-refractivity contribution in [3.63, 3.8) is 0 Å². The van der Waals surface area contributed by atoms with Gasteiger partial charge in [0.25, 0.3) is 0 Å². The molecule has 0 saturated heterocycles. The largest absolute Gasteiger partial charge is 0.317 e. The van der Waals surface area contributed by atoms with Crippen LogP contribution in [0.2, 0.25) is 0 Å². The molecule has 0 saturated carbocycles. The van der Waals surface area contributed by atoms with E-state index in [1.54, 1.807) is 12.3 Å². The summed E-state index contributed by atoms with van der Waals surface area (Å²) in [6.07, 6.45) is 2.93. The number of hydrogen-bond donors (Lipinski definition) is 1. The fourth-order valence-electron chi connectivity index (χ4n) is 2.38. The molecule has 3 aromatic rings. The molecule has 3 nitrogen and oxygen atoms in total. The van der Waals surface area contributed by atoms with E-state index in [0.29, 0.717) is 5.69 Å². The summed E-state index contributed by atoms with van der Waals surface area (Å²) in [7, 11) is 0. The van der Waals surface area contributed by atoms with Gasteiger partial charge < -0.3 is 5.73 Å². The van der Waals surface area contributed by atoms with Gasteiger partial charge in [-0.3, -0.25) is 9.97 Å². The van der Waals surface area contributed by atoms with Crippen LogP contribution in [-0.2, 0) is 5.54 Å². The van der Waals surface area contributed by atoms with Gasteiger partial charge in [0.2, 0.25) is 0 Å². The molecule has 100 valence electrons. The average Bonchev–Trinajstić information content (AvgIpc) is 2.47. The fraction of sp³-hybridized carbons (Fsp3) is 0.125. The van der Waals surface area contributed by atoms with E-state index in [-0.39, 0.29) is 5.82 Å². The van der Waals surface area contributed by atoms with Crippen LogP contribution in [0.4, 0.5) is 4.39 Å². The van der Waals surface area contributed by atoms with Gasteiger partial charge in [-0.15, -0.1) is 0 Å². The standard InChI is InChI=1S/C16H14FN3/c1-16(18,15-8-7-11(17)10-20-15)13-5-2-6-14-12(13)4-3-9-19-14/h2-10H,18H2,1H3. The van der Waals surface area contributed by atoms with Gasteiger partial charge in [-0.1, -0.05) is 18.2 Å². The van der Waals surface area contributed by atoms with Crippen LogP contribution in [0.1, 0.15) is 18.2 Å². The number of pyridine rings is 2. The minimum atomic E-state index is -0.809. The first kappa shape index (κ1) is 12.7. The molecule has 4 heteroatoms. The summed E-state index contributed by atoms with van der Waals surface area (Å²) in [4.78, 5) is 8.44. The molecule has 1 aromatic carbocycles. The Morgan fingerprint density at radius 1 is 1.05 bits per heavy atom. The van der Waals surface area contributed by atoms with Crippen molar-refractivity contribution in [1.29, 1.82) is 0 Å². The Hall–Kier alpha value is -2.33. The van der Waals surface area contributed by atoms with Crippen LogP contribution in [0.15, 0.2) is 54.9 Å². The maximum Gasteiger partial charge on any atom is 0.141 e. The lowest BCUT2D eigenvalue weighted by Gasteiger charge is -2.26. The van der Waals surface area contributed by atoms with Gasteiger partial charge in [-0.2, -0.15) is 0 Å². The molecular weight excluding hydrogens is 253 g/mol. The highest BCUT2D eigenvalue weighted by Crippen LogP contribution is 2.30. The molecule has 3 rings (SSSR count). The molecule has 0 bridgehead atoms. The molecule has 1 unspecified atom stereocenters. The third-order valence-corrected chi connectivity index (χ3v) is 3.46. The van der Waals surface area contributed by atoms with Gasteiger partial charge in [0.1, 0.15) is 5.82 Å². The number of hydrogen-bond acceptors (Lipinski definition) is 3. The zero-order valence-electron chi connectivity index (χ0n) is 11.0. The lowest BCUT2D eigenvalue weighted by Crippen LogP contribution is -2.35. The first-order valence-corrected chi connectivity index (χ1v) is 6.34. The van der Waals surface area contributed by atoms with Crippen molar-refractivity contribution in [3.8, 4) is 0 Å². The maximum absolute atomic E-state index is 13.0. The van der Waals surface area contributed by atoms with E-state index in [0.717, 1.165) is 16.5 Å². The average molecular weight is 267 g/mol. The quantitative estimate of drug-likeness (QED) is 0.776. The predicted octanol–water partition coefficient (Wildman–Crippen LogP) is 2.99. The van der Waals surface area contributed by atoms with Crippen LogP contribution in [0.5, 0.6) is 0 Å². The topological polar surface area (TPSA) is 51.8 Å². The van der Waals surface area contributed by atoms with E-state index in [1.807, 2.05) is 37.3 Å². The SMILES string of the molecule is CC(N)(c1ccc(F)cn1)c1cccc2ncccc12. The summed E-state index contributed by atoms with van der Waals surface area (Å²) in [5.74, 6) is -0.371. The number of aromatic nitrogens is 2. The molecule has 1 atom stereocenters. The Labute approximate surface area is 116 Å². The van der Waals surface area contributed by atoms with E-state index in [9.17, 15) is 4.39 Å². The molecular formula is C16H14FN3.